The molecular formula is C15H16N2O3. The first kappa shape index (κ1) is 14.1. The molecule has 0 amide bonds. The van der Waals surface area contributed by atoms with Crippen molar-refractivity contribution < 1.29 is 9.53 Å². The van der Waals surface area contributed by atoms with Crippen LogP contribution in [-0.4, -0.2) is 17.6 Å². The molecule has 1 aliphatic rings. The zero-order valence-corrected chi connectivity index (χ0v) is 11.1. The van der Waals surface area contributed by atoms with E-state index in [1.807, 2.05) is 0 Å². The fourth-order valence-corrected chi connectivity index (χ4v) is 2.52. The maximum atomic E-state index is 11.9. The van der Waals surface area contributed by atoms with Gasteiger partial charge in [0.05, 0.1) is 5.56 Å². The summed E-state index contributed by atoms with van der Waals surface area (Å²) in [4.78, 5) is 26.6. The third kappa shape index (κ3) is 2.80. The molecule has 5 nitrogen and oxygen atoms in total. The molecule has 1 aromatic heterocycles. The Morgan fingerprint density at radius 1 is 1.55 bits per heavy atom. The van der Waals surface area contributed by atoms with Crippen molar-refractivity contribution in [2.24, 2.45) is 0 Å². The minimum atomic E-state index is -0.660. The van der Waals surface area contributed by atoms with Crippen molar-refractivity contribution in [2.45, 2.75) is 31.6 Å². The fourth-order valence-electron chi connectivity index (χ4n) is 2.52. The topological polar surface area (TPSA) is 83.0 Å². The molecule has 5 heteroatoms. The normalized spacial score (nSPS) is 14.8. The Morgan fingerprint density at radius 3 is 2.85 bits per heavy atom. The van der Waals surface area contributed by atoms with Gasteiger partial charge in [-0.25, -0.2) is 4.79 Å². The van der Waals surface area contributed by atoms with Gasteiger partial charge in [-0.05, 0) is 24.8 Å². The summed E-state index contributed by atoms with van der Waals surface area (Å²) in [7, 11) is 0. The highest BCUT2D eigenvalue weighted by Crippen LogP contribution is 2.33. The van der Waals surface area contributed by atoms with Crippen LogP contribution in [0.25, 0.3) is 0 Å². The Kier molecular flexibility index (Phi) is 4.36. The summed E-state index contributed by atoms with van der Waals surface area (Å²) in [5.41, 5.74) is 0.0420. The van der Waals surface area contributed by atoms with Gasteiger partial charge in [-0.15, -0.1) is 0 Å². The number of H-pyrrole nitrogens is 1. The Balaban J connectivity index is 2.42. The number of nitrogens with zero attached hydrogens (tertiary/aromatic N) is 1. The van der Waals surface area contributed by atoms with E-state index in [0.29, 0.717) is 0 Å². The molecule has 20 heavy (non-hydrogen) atoms. The first-order chi connectivity index (χ1) is 9.67. The number of rotatable bonds is 4. The summed E-state index contributed by atoms with van der Waals surface area (Å²) < 4.78 is 4.93. The average Bonchev–Trinajstić information content (AvgIpc) is 2.98. The molecule has 0 aliphatic heterocycles. The Labute approximate surface area is 116 Å². The standard InChI is InChI=1S/C15H16N2O3/c1-2-7-20-15(19)11-8-13(10-5-3-4-6-10)17-14(18)12(11)9-16/h2,8,10H,1,3-7H2,(H,17,18). The monoisotopic (exact) mass is 272 g/mol. The third-order valence-corrected chi connectivity index (χ3v) is 3.51. The lowest BCUT2D eigenvalue weighted by molar-refractivity contribution is 0.0549. The molecule has 1 heterocycles. The maximum Gasteiger partial charge on any atom is 0.340 e. The summed E-state index contributed by atoms with van der Waals surface area (Å²) >= 11 is 0. The van der Waals surface area contributed by atoms with Crippen LogP contribution >= 0.6 is 0 Å². The van der Waals surface area contributed by atoms with E-state index in [1.54, 1.807) is 12.1 Å². The minimum Gasteiger partial charge on any atom is -0.458 e. The van der Waals surface area contributed by atoms with Crippen molar-refractivity contribution in [1.82, 2.24) is 4.98 Å². The molecule has 0 bridgehead atoms. The number of carbonyl (C=O) groups is 1. The van der Waals surface area contributed by atoms with E-state index in [-0.39, 0.29) is 23.7 Å². The largest absolute Gasteiger partial charge is 0.458 e. The van der Waals surface area contributed by atoms with Crippen molar-refractivity contribution in [3.8, 4) is 6.07 Å². The molecule has 0 radical (unpaired) electrons. The number of hydrogen-bond acceptors (Lipinski definition) is 4. The third-order valence-electron chi connectivity index (χ3n) is 3.51. The van der Waals surface area contributed by atoms with Gasteiger partial charge in [-0.3, -0.25) is 4.79 Å². The van der Waals surface area contributed by atoms with Crippen LogP contribution < -0.4 is 5.56 Å². The number of carbonyl (C=O) groups excluding carboxylic acids is 1. The predicted octanol–water partition coefficient (Wildman–Crippen LogP) is 2.25. The van der Waals surface area contributed by atoms with Crippen LogP contribution in [0.4, 0.5) is 0 Å². The van der Waals surface area contributed by atoms with E-state index in [1.165, 1.54) is 6.08 Å². The molecule has 0 spiro atoms. The Bertz CT molecular complexity index is 619. The van der Waals surface area contributed by atoms with E-state index in [9.17, 15) is 9.59 Å². The van der Waals surface area contributed by atoms with Gasteiger partial charge in [0.15, 0.2) is 0 Å². The molecule has 1 saturated carbocycles. The molecule has 0 saturated heterocycles. The van der Waals surface area contributed by atoms with Gasteiger partial charge in [0.2, 0.25) is 0 Å². The number of esters is 1. The van der Waals surface area contributed by atoms with Crippen molar-refractivity contribution in [2.75, 3.05) is 6.61 Å². The smallest absolute Gasteiger partial charge is 0.340 e. The van der Waals surface area contributed by atoms with Crippen LogP contribution in [0.1, 0.15) is 53.2 Å². The average molecular weight is 272 g/mol. The molecule has 1 N–H and O–H groups in total. The highest BCUT2D eigenvalue weighted by molar-refractivity contribution is 5.92. The summed E-state index contributed by atoms with van der Waals surface area (Å²) in [6.07, 6.45) is 5.65. The number of hydrogen-bond donors (Lipinski definition) is 1. The number of aromatic amines is 1. The van der Waals surface area contributed by atoms with Gasteiger partial charge < -0.3 is 9.72 Å². The number of ether oxygens (including phenoxy) is 1. The highest BCUT2D eigenvalue weighted by atomic mass is 16.5. The number of nitrogens with one attached hydrogen (secondary N) is 1. The highest BCUT2D eigenvalue weighted by Gasteiger charge is 2.23. The van der Waals surface area contributed by atoms with Gasteiger partial charge in [0.1, 0.15) is 18.2 Å². The lowest BCUT2D eigenvalue weighted by Gasteiger charge is -2.11. The van der Waals surface area contributed by atoms with Gasteiger partial charge >= 0.3 is 5.97 Å². The Morgan fingerprint density at radius 2 is 2.25 bits per heavy atom. The minimum absolute atomic E-state index is 0.0417. The predicted molar refractivity (Wildman–Crippen MR) is 73.5 cm³/mol. The lowest BCUT2D eigenvalue weighted by Crippen LogP contribution is -2.20. The van der Waals surface area contributed by atoms with Crippen LogP contribution in [0.3, 0.4) is 0 Å². The zero-order valence-electron chi connectivity index (χ0n) is 11.1. The molecule has 0 unspecified atom stereocenters. The van der Waals surface area contributed by atoms with E-state index in [0.717, 1.165) is 31.4 Å². The van der Waals surface area contributed by atoms with Crippen LogP contribution in [-0.2, 0) is 4.74 Å². The van der Waals surface area contributed by atoms with Gasteiger partial charge in [-0.2, -0.15) is 5.26 Å². The quantitative estimate of drug-likeness (QED) is 0.673. The molecule has 1 aliphatic carbocycles. The maximum absolute atomic E-state index is 11.9. The molecule has 104 valence electrons. The number of pyridine rings is 1. The van der Waals surface area contributed by atoms with Crippen molar-refractivity contribution >= 4 is 5.97 Å². The molecule has 0 aromatic carbocycles. The second-order valence-electron chi connectivity index (χ2n) is 4.82. The molecule has 0 atom stereocenters. The molecule has 1 aromatic rings. The Hall–Kier alpha value is -2.35. The van der Waals surface area contributed by atoms with E-state index in [4.69, 9.17) is 10.00 Å². The zero-order chi connectivity index (χ0) is 14.5. The molecule has 1 fully saturated rings. The summed E-state index contributed by atoms with van der Waals surface area (Å²) in [5.74, 6) is -0.409. The van der Waals surface area contributed by atoms with Gasteiger partial charge in [-0.1, -0.05) is 25.5 Å². The van der Waals surface area contributed by atoms with Gasteiger partial charge in [0, 0.05) is 5.69 Å². The van der Waals surface area contributed by atoms with Crippen molar-refractivity contribution in [3.05, 3.63) is 45.9 Å². The fraction of sp³-hybridized carbons (Fsp3) is 0.400. The summed E-state index contributed by atoms with van der Waals surface area (Å²) in [5, 5.41) is 9.03. The van der Waals surface area contributed by atoms with E-state index in [2.05, 4.69) is 11.6 Å². The second kappa shape index (κ2) is 6.20. The van der Waals surface area contributed by atoms with Gasteiger partial charge in [0.25, 0.3) is 5.56 Å². The van der Waals surface area contributed by atoms with Crippen LogP contribution in [0.2, 0.25) is 0 Å². The SMILES string of the molecule is C=CCOC(=O)c1cc(C2CCCC2)[nH]c(=O)c1C#N. The molecule has 2 rings (SSSR count). The van der Waals surface area contributed by atoms with Crippen LogP contribution in [0.15, 0.2) is 23.5 Å². The van der Waals surface area contributed by atoms with Crippen molar-refractivity contribution in [3.63, 3.8) is 0 Å². The molecular weight excluding hydrogens is 256 g/mol. The summed E-state index contributed by atoms with van der Waals surface area (Å²) in [6, 6.07) is 3.35. The second-order valence-corrected chi connectivity index (χ2v) is 4.82. The van der Waals surface area contributed by atoms with E-state index < -0.39 is 11.5 Å². The first-order valence-corrected chi connectivity index (χ1v) is 6.62. The number of nitriles is 1. The van der Waals surface area contributed by atoms with Crippen LogP contribution in [0, 0.1) is 11.3 Å². The van der Waals surface area contributed by atoms with Crippen LogP contribution in [0.5, 0.6) is 0 Å². The number of aromatic nitrogens is 1. The van der Waals surface area contributed by atoms with E-state index >= 15 is 0 Å². The van der Waals surface area contributed by atoms with Crippen molar-refractivity contribution in [1.29, 1.82) is 5.26 Å². The lowest BCUT2D eigenvalue weighted by atomic mass is 10.00. The first-order valence-electron chi connectivity index (χ1n) is 6.62. The summed E-state index contributed by atoms with van der Waals surface area (Å²) in [6.45, 7) is 3.51.